The second-order valence-electron chi connectivity index (χ2n) is 4.34. The Morgan fingerprint density at radius 2 is 2.16 bits per heavy atom. The second kappa shape index (κ2) is 8.60. The first-order valence-electron chi connectivity index (χ1n) is 6.12. The molecule has 4 nitrogen and oxygen atoms in total. The van der Waals surface area contributed by atoms with Crippen LogP contribution in [-0.4, -0.2) is 31.6 Å². The van der Waals surface area contributed by atoms with Gasteiger partial charge in [-0.1, -0.05) is 0 Å². The number of nitrogens with one attached hydrogen (secondary N) is 2. The van der Waals surface area contributed by atoms with Gasteiger partial charge in [0.2, 0.25) is 0 Å². The van der Waals surface area contributed by atoms with Gasteiger partial charge in [0, 0.05) is 16.2 Å². The van der Waals surface area contributed by atoms with Gasteiger partial charge in [0.15, 0.2) is 6.61 Å². The molecule has 106 valence electrons. The molecule has 1 saturated heterocycles. The fourth-order valence-electron chi connectivity index (χ4n) is 1.90. The van der Waals surface area contributed by atoms with Gasteiger partial charge in [0.1, 0.15) is 5.75 Å². The SMILES string of the molecule is Cl.O=C(COc1ccc(I)cc1)NCC1CCCN1. The Balaban J connectivity index is 0.00000180. The molecule has 2 rings (SSSR count). The molecule has 1 unspecified atom stereocenters. The monoisotopic (exact) mass is 396 g/mol. The highest BCUT2D eigenvalue weighted by atomic mass is 127. The lowest BCUT2D eigenvalue weighted by atomic mass is 10.2. The van der Waals surface area contributed by atoms with Crippen LogP contribution >= 0.6 is 35.0 Å². The van der Waals surface area contributed by atoms with Crippen molar-refractivity contribution in [3.8, 4) is 5.75 Å². The van der Waals surface area contributed by atoms with E-state index < -0.39 is 0 Å². The highest BCUT2D eigenvalue weighted by Crippen LogP contribution is 2.13. The van der Waals surface area contributed by atoms with Crippen LogP contribution in [0, 0.1) is 3.57 Å². The van der Waals surface area contributed by atoms with Crippen molar-refractivity contribution >= 4 is 40.9 Å². The Hall–Kier alpha value is -0.530. The molecule has 1 atom stereocenters. The van der Waals surface area contributed by atoms with Gasteiger partial charge in [-0.3, -0.25) is 4.79 Å². The number of benzene rings is 1. The van der Waals surface area contributed by atoms with Gasteiger partial charge in [0.25, 0.3) is 5.91 Å². The van der Waals surface area contributed by atoms with E-state index in [0.717, 1.165) is 22.3 Å². The molecule has 1 aromatic rings. The van der Waals surface area contributed by atoms with Crippen LogP contribution < -0.4 is 15.4 Å². The largest absolute Gasteiger partial charge is 0.484 e. The third kappa shape index (κ3) is 5.97. The van der Waals surface area contributed by atoms with Crippen LogP contribution in [0.2, 0.25) is 0 Å². The lowest BCUT2D eigenvalue weighted by Crippen LogP contribution is -2.39. The highest BCUT2D eigenvalue weighted by Gasteiger charge is 2.14. The van der Waals surface area contributed by atoms with E-state index in [1.807, 2.05) is 24.3 Å². The van der Waals surface area contributed by atoms with Gasteiger partial charge in [-0.05, 0) is 66.2 Å². The fraction of sp³-hybridized carbons (Fsp3) is 0.462. The molecular weight excluding hydrogens is 379 g/mol. The summed E-state index contributed by atoms with van der Waals surface area (Å²) in [5.74, 6) is 0.659. The van der Waals surface area contributed by atoms with Crippen molar-refractivity contribution in [3.05, 3.63) is 27.8 Å². The number of hydrogen-bond acceptors (Lipinski definition) is 3. The number of carbonyl (C=O) groups excluding carboxylic acids is 1. The van der Waals surface area contributed by atoms with E-state index >= 15 is 0 Å². The molecule has 0 bridgehead atoms. The Labute approximate surface area is 133 Å². The van der Waals surface area contributed by atoms with E-state index in [-0.39, 0.29) is 24.9 Å². The normalized spacial score (nSPS) is 17.6. The Morgan fingerprint density at radius 1 is 1.42 bits per heavy atom. The lowest BCUT2D eigenvalue weighted by Gasteiger charge is -2.12. The summed E-state index contributed by atoms with van der Waals surface area (Å²) in [5.41, 5.74) is 0. The Kier molecular flexibility index (Phi) is 7.48. The van der Waals surface area contributed by atoms with Crippen molar-refractivity contribution in [1.29, 1.82) is 0 Å². The highest BCUT2D eigenvalue weighted by molar-refractivity contribution is 14.1. The molecule has 6 heteroatoms. The van der Waals surface area contributed by atoms with Gasteiger partial charge < -0.3 is 15.4 Å². The molecule has 0 aromatic heterocycles. The summed E-state index contributed by atoms with van der Waals surface area (Å²) in [6.07, 6.45) is 2.33. The average molecular weight is 397 g/mol. The Morgan fingerprint density at radius 3 is 2.79 bits per heavy atom. The fourth-order valence-corrected chi connectivity index (χ4v) is 2.26. The number of ether oxygens (including phenoxy) is 1. The summed E-state index contributed by atoms with van der Waals surface area (Å²) in [6, 6.07) is 8.07. The van der Waals surface area contributed by atoms with Crippen LogP contribution in [0.4, 0.5) is 0 Å². The summed E-state index contributed by atoms with van der Waals surface area (Å²) >= 11 is 2.23. The maximum atomic E-state index is 11.6. The molecule has 0 saturated carbocycles. The summed E-state index contributed by atoms with van der Waals surface area (Å²) in [5, 5.41) is 6.21. The van der Waals surface area contributed by atoms with E-state index in [4.69, 9.17) is 4.74 Å². The molecule has 0 aliphatic carbocycles. The van der Waals surface area contributed by atoms with Gasteiger partial charge >= 0.3 is 0 Å². The number of halogens is 2. The second-order valence-corrected chi connectivity index (χ2v) is 5.59. The standard InChI is InChI=1S/C13H17IN2O2.ClH/c14-10-3-5-12(6-4-10)18-9-13(17)16-8-11-2-1-7-15-11;/h3-6,11,15H,1-2,7-9H2,(H,16,17);1H. The number of hydrogen-bond donors (Lipinski definition) is 2. The maximum Gasteiger partial charge on any atom is 0.257 e. The van der Waals surface area contributed by atoms with Crippen LogP contribution in [0.3, 0.4) is 0 Å². The zero-order valence-electron chi connectivity index (χ0n) is 10.5. The van der Waals surface area contributed by atoms with Crippen LogP contribution in [0.15, 0.2) is 24.3 Å². The molecule has 1 aliphatic rings. The van der Waals surface area contributed by atoms with E-state index in [2.05, 4.69) is 33.2 Å². The van der Waals surface area contributed by atoms with Crippen molar-refractivity contribution in [2.45, 2.75) is 18.9 Å². The average Bonchev–Trinajstić information content (AvgIpc) is 2.89. The molecule has 2 N–H and O–H groups in total. The third-order valence-electron chi connectivity index (χ3n) is 2.89. The molecule has 0 spiro atoms. The minimum Gasteiger partial charge on any atom is -0.484 e. The predicted octanol–water partition coefficient (Wildman–Crippen LogP) is 1.96. The van der Waals surface area contributed by atoms with Gasteiger partial charge in [-0.25, -0.2) is 0 Å². The number of carbonyl (C=O) groups is 1. The molecule has 0 radical (unpaired) electrons. The molecule has 1 amide bonds. The minimum atomic E-state index is -0.0674. The summed E-state index contributed by atoms with van der Waals surface area (Å²) < 4.78 is 6.55. The van der Waals surface area contributed by atoms with E-state index in [0.29, 0.717) is 12.6 Å². The zero-order valence-corrected chi connectivity index (χ0v) is 13.5. The van der Waals surface area contributed by atoms with E-state index in [1.165, 1.54) is 6.42 Å². The number of amides is 1. The summed E-state index contributed by atoms with van der Waals surface area (Å²) in [4.78, 5) is 11.6. The molecule has 1 heterocycles. The quantitative estimate of drug-likeness (QED) is 0.748. The van der Waals surface area contributed by atoms with Crippen LogP contribution in [0.5, 0.6) is 5.75 Å². The number of rotatable bonds is 5. The van der Waals surface area contributed by atoms with Crippen LogP contribution in [0.1, 0.15) is 12.8 Å². The maximum absolute atomic E-state index is 11.6. The summed E-state index contributed by atoms with van der Waals surface area (Å²) in [7, 11) is 0. The van der Waals surface area contributed by atoms with Gasteiger partial charge in [0.05, 0.1) is 0 Å². The van der Waals surface area contributed by atoms with E-state index in [9.17, 15) is 4.79 Å². The molecule has 1 aromatic carbocycles. The van der Waals surface area contributed by atoms with Gasteiger partial charge in [-0.15, -0.1) is 12.4 Å². The summed E-state index contributed by atoms with van der Waals surface area (Å²) in [6.45, 7) is 1.82. The van der Waals surface area contributed by atoms with Crippen LogP contribution in [-0.2, 0) is 4.79 Å². The minimum absolute atomic E-state index is 0. The van der Waals surface area contributed by atoms with Crippen molar-refractivity contribution in [2.24, 2.45) is 0 Å². The van der Waals surface area contributed by atoms with Crippen molar-refractivity contribution in [1.82, 2.24) is 10.6 Å². The van der Waals surface area contributed by atoms with Crippen LogP contribution in [0.25, 0.3) is 0 Å². The van der Waals surface area contributed by atoms with Crippen molar-refractivity contribution in [3.63, 3.8) is 0 Å². The topological polar surface area (TPSA) is 50.4 Å². The first-order chi connectivity index (χ1) is 8.74. The molecular formula is C13H18ClIN2O2. The van der Waals surface area contributed by atoms with Crippen molar-refractivity contribution < 1.29 is 9.53 Å². The van der Waals surface area contributed by atoms with Gasteiger partial charge in [-0.2, -0.15) is 0 Å². The molecule has 1 aliphatic heterocycles. The third-order valence-corrected chi connectivity index (χ3v) is 3.61. The smallest absolute Gasteiger partial charge is 0.257 e. The first kappa shape index (κ1) is 16.5. The zero-order chi connectivity index (χ0) is 12.8. The van der Waals surface area contributed by atoms with Crippen molar-refractivity contribution in [2.75, 3.05) is 19.7 Å². The molecule has 1 fully saturated rings. The van der Waals surface area contributed by atoms with E-state index in [1.54, 1.807) is 0 Å². The Bertz CT molecular complexity index is 394. The first-order valence-corrected chi connectivity index (χ1v) is 7.20. The lowest BCUT2D eigenvalue weighted by molar-refractivity contribution is -0.123. The predicted molar refractivity (Wildman–Crippen MR) is 85.9 cm³/mol. The molecule has 19 heavy (non-hydrogen) atoms.